The Bertz CT molecular complexity index is 558. The van der Waals surface area contributed by atoms with Crippen molar-refractivity contribution in [2.24, 2.45) is 4.99 Å². The number of isocyanates is 1. The van der Waals surface area contributed by atoms with E-state index in [4.69, 9.17) is 9.94 Å². The Hall–Kier alpha value is -2.62. The van der Waals surface area contributed by atoms with E-state index in [1.54, 1.807) is 48.5 Å². The summed E-state index contributed by atoms with van der Waals surface area (Å²) in [6, 6.07) is 13.5. The van der Waals surface area contributed by atoms with Gasteiger partial charge in [0.05, 0.1) is 11.4 Å². The Kier molecular flexibility index (Phi) is 3.71. The van der Waals surface area contributed by atoms with Crippen LogP contribution in [-0.4, -0.2) is 11.3 Å². The molecule has 0 aliphatic rings. The normalized spacial score (nSPS) is 9.39. The average molecular weight is 242 g/mol. The van der Waals surface area contributed by atoms with Crippen molar-refractivity contribution >= 4 is 17.5 Å². The summed E-state index contributed by atoms with van der Waals surface area (Å²) >= 11 is 0. The van der Waals surface area contributed by atoms with Gasteiger partial charge in [0.15, 0.2) is 0 Å². The highest BCUT2D eigenvalue weighted by Gasteiger charge is 1.98. The standard InChI is InChI=1S/C13H10N2O3/c16-9-14-10-1-5-12(6-2-10)18-13-7-3-11(15-17)4-8-13/h1-8,15,17H. The van der Waals surface area contributed by atoms with Gasteiger partial charge < -0.3 is 4.74 Å². The van der Waals surface area contributed by atoms with E-state index in [0.29, 0.717) is 22.9 Å². The summed E-state index contributed by atoms with van der Waals surface area (Å²) < 4.78 is 5.56. The van der Waals surface area contributed by atoms with Crippen LogP contribution in [-0.2, 0) is 4.79 Å². The fourth-order valence-corrected chi connectivity index (χ4v) is 1.38. The van der Waals surface area contributed by atoms with Gasteiger partial charge in [-0.15, -0.1) is 0 Å². The molecule has 5 heteroatoms. The van der Waals surface area contributed by atoms with Crippen molar-refractivity contribution in [3.63, 3.8) is 0 Å². The van der Waals surface area contributed by atoms with Crippen LogP contribution in [0.1, 0.15) is 0 Å². The van der Waals surface area contributed by atoms with E-state index < -0.39 is 0 Å². The van der Waals surface area contributed by atoms with Crippen molar-refractivity contribution in [2.75, 3.05) is 5.48 Å². The Morgan fingerprint density at radius 1 is 1.00 bits per heavy atom. The molecule has 0 atom stereocenters. The van der Waals surface area contributed by atoms with Crippen LogP contribution in [0.4, 0.5) is 11.4 Å². The molecule has 0 saturated carbocycles. The molecule has 0 saturated heterocycles. The maximum atomic E-state index is 10.1. The van der Waals surface area contributed by atoms with Crippen LogP contribution in [0.15, 0.2) is 53.5 Å². The summed E-state index contributed by atoms with van der Waals surface area (Å²) in [5, 5.41) is 8.67. The zero-order valence-corrected chi connectivity index (χ0v) is 9.33. The lowest BCUT2D eigenvalue weighted by Gasteiger charge is -2.06. The van der Waals surface area contributed by atoms with Crippen LogP contribution in [0.25, 0.3) is 0 Å². The van der Waals surface area contributed by atoms with Crippen molar-refractivity contribution in [1.29, 1.82) is 0 Å². The number of nitrogens with one attached hydrogen (secondary N) is 1. The summed E-state index contributed by atoms with van der Waals surface area (Å²) in [6.45, 7) is 0. The summed E-state index contributed by atoms with van der Waals surface area (Å²) in [4.78, 5) is 13.5. The van der Waals surface area contributed by atoms with Crippen LogP contribution >= 0.6 is 0 Å². The molecule has 2 aromatic rings. The van der Waals surface area contributed by atoms with Crippen molar-refractivity contribution in [2.45, 2.75) is 0 Å². The fraction of sp³-hybridized carbons (Fsp3) is 0. The van der Waals surface area contributed by atoms with Crippen LogP contribution in [0.5, 0.6) is 11.5 Å². The molecule has 0 unspecified atom stereocenters. The molecule has 18 heavy (non-hydrogen) atoms. The van der Waals surface area contributed by atoms with E-state index in [-0.39, 0.29) is 0 Å². The van der Waals surface area contributed by atoms with Gasteiger partial charge in [-0.2, -0.15) is 4.99 Å². The lowest BCUT2D eigenvalue weighted by Crippen LogP contribution is -1.88. The second-order valence-corrected chi connectivity index (χ2v) is 3.44. The molecular formula is C13H10N2O3. The number of hydrogen-bond acceptors (Lipinski definition) is 5. The average Bonchev–Trinajstić information content (AvgIpc) is 2.42. The van der Waals surface area contributed by atoms with Crippen LogP contribution in [0.2, 0.25) is 0 Å². The second-order valence-electron chi connectivity index (χ2n) is 3.44. The third-order valence-corrected chi connectivity index (χ3v) is 2.23. The highest BCUT2D eigenvalue weighted by atomic mass is 16.5. The second kappa shape index (κ2) is 5.63. The van der Waals surface area contributed by atoms with Crippen molar-refractivity contribution < 1.29 is 14.7 Å². The number of rotatable bonds is 4. The lowest BCUT2D eigenvalue weighted by atomic mass is 10.3. The van der Waals surface area contributed by atoms with E-state index in [9.17, 15) is 4.79 Å². The molecule has 5 nitrogen and oxygen atoms in total. The molecule has 0 spiro atoms. The van der Waals surface area contributed by atoms with Gasteiger partial charge in [-0.05, 0) is 48.5 Å². The summed E-state index contributed by atoms with van der Waals surface area (Å²) in [5.74, 6) is 1.27. The minimum Gasteiger partial charge on any atom is -0.457 e. The van der Waals surface area contributed by atoms with E-state index in [1.807, 2.05) is 5.48 Å². The zero-order chi connectivity index (χ0) is 12.8. The highest BCUT2D eigenvalue weighted by molar-refractivity contribution is 5.51. The van der Waals surface area contributed by atoms with E-state index in [2.05, 4.69) is 4.99 Å². The van der Waals surface area contributed by atoms with Gasteiger partial charge in [-0.1, -0.05) is 0 Å². The molecule has 2 N–H and O–H groups in total. The van der Waals surface area contributed by atoms with E-state index in [0.717, 1.165) is 0 Å². The number of nitrogens with zero attached hydrogens (tertiary/aromatic N) is 1. The summed E-state index contributed by atoms with van der Waals surface area (Å²) in [7, 11) is 0. The minimum absolute atomic E-state index is 0.525. The largest absolute Gasteiger partial charge is 0.457 e. The molecule has 2 aromatic carbocycles. The third kappa shape index (κ3) is 2.95. The van der Waals surface area contributed by atoms with Gasteiger partial charge in [-0.3, -0.25) is 10.7 Å². The number of aliphatic imine (C=N–C) groups is 1. The molecule has 0 aliphatic carbocycles. The van der Waals surface area contributed by atoms with Crippen molar-refractivity contribution in [1.82, 2.24) is 0 Å². The molecule has 0 bridgehead atoms. The van der Waals surface area contributed by atoms with Crippen LogP contribution in [0, 0.1) is 0 Å². The molecule has 0 heterocycles. The van der Waals surface area contributed by atoms with Crippen LogP contribution in [0.3, 0.4) is 0 Å². The lowest BCUT2D eigenvalue weighted by molar-refractivity contribution is 0.388. The first-order valence-electron chi connectivity index (χ1n) is 5.18. The highest BCUT2D eigenvalue weighted by Crippen LogP contribution is 2.24. The summed E-state index contributed by atoms with van der Waals surface area (Å²) in [5.41, 5.74) is 3.14. The fourth-order valence-electron chi connectivity index (χ4n) is 1.38. The molecule has 0 aromatic heterocycles. The first-order chi connectivity index (χ1) is 8.81. The third-order valence-electron chi connectivity index (χ3n) is 2.23. The van der Waals surface area contributed by atoms with Gasteiger partial charge in [0, 0.05) is 0 Å². The number of hydrogen-bond donors (Lipinski definition) is 2. The Balaban J connectivity index is 2.10. The van der Waals surface area contributed by atoms with Gasteiger partial charge in [0.25, 0.3) is 0 Å². The topological polar surface area (TPSA) is 70.9 Å². The molecule has 2 rings (SSSR count). The molecule has 0 aliphatic heterocycles. The van der Waals surface area contributed by atoms with E-state index in [1.165, 1.54) is 6.08 Å². The molecule has 0 amide bonds. The first-order valence-corrected chi connectivity index (χ1v) is 5.18. The number of benzene rings is 2. The Morgan fingerprint density at radius 3 is 2.06 bits per heavy atom. The first kappa shape index (κ1) is 11.9. The predicted octanol–water partition coefficient (Wildman–Crippen LogP) is 3.25. The zero-order valence-electron chi connectivity index (χ0n) is 9.33. The van der Waals surface area contributed by atoms with Gasteiger partial charge >= 0.3 is 0 Å². The van der Waals surface area contributed by atoms with Crippen molar-refractivity contribution in [3.05, 3.63) is 48.5 Å². The Labute approximate surface area is 103 Å². The van der Waals surface area contributed by atoms with Gasteiger partial charge in [-0.25, -0.2) is 4.79 Å². The quantitative estimate of drug-likeness (QED) is 0.490. The smallest absolute Gasteiger partial charge is 0.240 e. The molecule has 0 fully saturated rings. The maximum absolute atomic E-state index is 10.1. The maximum Gasteiger partial charge on any atom is 0.240 e. The molecular weight excluding hydrogens is 232 g/mol. The van der Waals surface area contributed by atoms with Crippen molar-refractivity contribution in [3.8, 4) is 11.5 Å². The summed E-state index contributed by atoms with van der Waals surface area (Å²) in [6.07, 6.45) is 1.47. The van der Waals surface area contributed by atoms with E-state index >= 15 is 0 Å². The minimum atomic E-state index is 0.525. The number of anilines is 1. The molecule has 90 valence electrons. The molecule has 0 radical (unpaired) electrons. The number of ether oxygens (including phenoxy) is 1. The number of carbonyl (C=O) groups excluding carboxylic acids is 1. The monoisotopic (exact) mass is 242 g/mol. The van der Waals surface area contributed by atoms with Gasteiger partial charge in [0.1, 0.15) is 11.5 Å². The van der Waals surface area contributed by atoms with Crippen LogP contribution < -0.4 is 10.2 Å². The SMILES string of the molecule is O=C=Nc1ccc(Oc2ccc(NO)cc2)cc1. The predicted molar refractivity (Wildman–Crippen MR) is 66.1 cm³/mol. The Morgan fingerprint density at radius 2 is 1.56 bits per heavy atom. The van der Waals surface area contributed by atoms with Gasteiger partial charge in [0.2, 0.25) is 6.08 Å².